The largest absolute Gasteiger partial charge is 0.256 e. The van der Waals surface area contributed by atoms with E-state index < -0.39 is 0 Å². The molecule has 40 heavy (non-hydrogen) atoms. The molecule has 0 radical (unpaired) electrons. The average molecular weight is 508 g/mol. The van der Waals surface area contributed by atoms with Gasteiger partial charge in [0.05, 0.1) is 5.52 Å². The molecule has 1 nitrogen and oxygen atoms in total. The van der Waals surface area contributed by atoms with Crippen LogP contribution < -0.4 is 0 Å². The van der Waals surface area contributed by atoms with Gasteiger partial charge in [0, 0.05) is 22.7 Å². The Morgan fingerprint density at radius 3 is 1.80 bits per heavy atom. The van der Waals surface area contributed by atoms with Crippen molar-refractivity contribution in [3.05, 3.63) is 152 Å². The molecule has 0 fully saturated rings. The van der Waals surface area contributed by atoms with Gasteiger partial charge in [-0.1, -0.05) is 133 Å². The van der Waals surface area contributed by atoms with Gasteiger partial charge in [-0.2, -0.15) is 0 Å². The van der Waals surface area contributed by atoms with Crippen molar-refractivity contribution >= 4 is 43.2 Å². The van der Waals surface area contributed by atoms with E-state index in [1.807, 2.05) is 6.20 Å². The number of aromatic nitrogens is 1. The second-order valence-electron chi connectivity index (χ2n) is 10.3. The molecule has 0 N–H and O–H groups in total. The third kappa shape index (κ3) is 3.52. The zero-order valence-electron chi connectivity index (χ0n) is 21.9. The van der Waals surface area contributed by atoms with E-state index in [1.54, 1.807) is 0 Å². The molecule has 0 amide bonds. The van der Waals surface area contributed by atoms with E-state index in [2.05, 4.69) is 146 Å². The molecule has 0 saturated carbocycles. The molecule has 8 rings (SSSR count). The van der Waals surface area contributed by atoms with Gasteiger partial charge in [-0.3, -0.25) is 4.98 Å². The highest BCUT2D eigenvalue weighted by Gasteiger charge is 2.21. The van der Waals surface area contributed by atoms with Crippen molar-refractivity contribution in [1.82, 2.24) is 4.98 Å². The standard InChI is InChI=1S/C39H25N/c1-2-12-27(13-3-1)32-23-22-28-14-6-7-16-31(28)37(32)38-34-18-9-8-17-33(34)36(39-35(38)19-10-24-40-39)30-21-20-26-11-4-5-15-29(26)25-30/h1-25H. The summed E-state index contributed by atoms with van der Waals surface area (Å²) in [6.45, 7) is 0. The highest BCUT2D eigenvalue weighted by Crippen LogP contribution is 2.47. The van der Waals surface area contributed by atoms with Gasteiger partial charge < -0.3 is 0 Å². The van der Waals surface area contributed by atoms with Crippen LogP contribution in [0.5, 0.6) is 0 Å². The summed E-state index contributed by atoms with van der Waals surface area (Å²) in [7, 11) is 0. The van der Waals surface area contributed by atoms with E-state index in [-0.39, 0.29) is 0 Å². The molecule has 1 heterocycles. The van der Waals surface area contributed by atoms with E-state index in [4.69, 9.17) is 4.98 Å². The molecule has 7 aromatic carbocycles. The Hall–Kier alpha value is -5.27. The number of fused-ring (bicyclic) bond motifs is 4. The summed E-state index contributed by atoms with van der Waals surface area (Å²) < 4.78 is 0. The summed E-state index contributed by atoms with van der Waals surface area (Å²) in [5, 5.41) is 8.57. The Bertz CT molecular complexity index is 2150. The number of benzene rings is 7. The van der Waals surface area contributed by atoms with E-state index in [9.17, 15) is 0 Å². The first-order valence-electron chi connectivity index (χ1n) is 13.7. The lowest BCUT2D eigenvalue weighted by Crippen LogP contribution is -1.95. The van der Waals surface area contributed by atoms with Crippen molar-refractivity contribution in [2.75, 3.05) is 0 Å². The Labute approximate surface area is 233 Å². The first-order chi connectivity index (χ1) is 19.9. The molecule has 8 aromatic rings. The highest BCUT2D eigenvalue weighted by molar-refractivity contribution is 6.24. The summed E-state index contributed by atoms with van der Waals surface area (Å²) in [4.78, 5) is 5.06. The SMILES string of the molecule is c1ccc(-c2ccc3ccccc3c2-c2c3ccccc3c(-c3ccc4ccccc4c3)c3ncccc23)cc1. The minimum Gasteiger partial charge on any atom is -0.256 e. The summed E-state index contributed by atoms with van der Waals surface area (Å²) in [6, 6.07) is 52.5. The van der Waals surface area contributed by atoms with E-state index in [1.165, 1.54) is 65.7 Å². The topological polar surface area (TPSA) is 12.9 Å². The van der Waals surface area contributed by atoms with Crippen LogP contribution in [-0.4, -0.2) is 4.98 Å². The normalized spacial score (nSPS) is 11.5. The number of hydrogen-bond donors (Lipinski definition) is 0. The number of pyridine rings is 1. The van der Waals surface area contributed by atoms with Gasteiger partial charge in [0.1, 0.15) is 0 Å². The Morgan fingerprint density at radius 1 is 0.350 bits per heavy atom. The van der Waals surface area contributed by atoms with Crippen LogP contribution in [0, 0.1) is 0 Å². The minimum atomic E-state index is 1.03. The number of rotatable bonds is 3. The number of hydrogen-bond acceptors (Lipinski definition) is 1. The Balaban J connectivity index is 1.56. The smallest absolute Gasteiger partial charge is 0.0792 e. The maximum atomic E-state index is 5.06. The van der Waals surface area contributed by atoms with Crippen molar-refractivity contribution in [3.63, 3.8) is 0 Å². The molecule has 0 aliphatic carbocycles. The fourth-order valence-electron chi connectivity index (χ4n) is 6.30. The van der Waals surface area contributed by atoms with Crippen LogP contribution in [0.25, 0.3) is 76.6 Å². The molecule has 0 saturated heterocycles. The second kappa shape index (κ2) is 9.18. The highest BCUT2D eigenvalue weighted by atomic mass is 14.7. The molecule has 0 bridgehead atoms. The molecule has 186 valence electrons. The van der Waals surface area contributed by atoms with Gasteiger partial charge >= 0.3 is 0 Å². The Kier molecular flexibility index (Phi) is 5.21. The van der Waals surface area contributed by atoms with Crippen molar-refractivity contribution in [3.8, 4) is 33.4 Å². The fourth-order valence-corrected chi connectivity index (χ4v) is 6.30. The first kappa shape index (κ1) is 22.7. The van der Waals surface area contributed by atoms with Crippen molar-refractivity contribution in [2.24, 2.45) is 0 Å². The molecule has 1 heteroatoms. The fraction of sp³-hybridized carbons (Fsp3) is 0. The molecule has 1 aromatic heterocycles. The molecular weight excluding hydrogens is 482 g/mol. The lowest BCUT2D eigenvalue weighted by atomic mass is 9.83. The Morgan fingerprint density at radius 2 is 0.975 bits per heavy atom. The summed E-state index contributed by atoms with van der Waals surface area (Å²) in [6.07, 6.45) is 1.92. The van der Waals surface area contributed by atoms with Crippen LogP contribution in [0.3, 0.4) is 0 Å². The van der Waals surface area contributed by atoms with Crippen LogP contribution in [0.2, 0.25) is 0 Å². The van der Waals surface area contributed by atoms with E-state index in [0.29, 0.717) is 0 Å². The monoisotopic (exact) mass is 507 g/mol. The summed E-state index contributed by atoms with van der Waals surface area (Å²) in [5.74, 6) is 0. The zero-order valence-corrected chi connectivity index (χ0v) is 21.9. The van der Waals surface area contributed by atoms with Crippen LogP contribution >= 0.6 is 0 Å². The second-order valence-corrected chi connectivity index (χ2v) is 10.3. The van der Waals surface area contributed by atoms with E-state index >= 15 is 0 Å². The molecule has 0 atom stereocenters. The quantitative estimate of drug-likeness (QED) is 0.217. The molecule has 0 spiro atoms. The van der Waals surface area contributed by atoms with Gasteiger partial charge in [0.25, 0.3) is 0 Å². The van der Waals surface area contributed by atoms with Gasteiger partial charge in [0.15, 0.2) is 0 Å². The summed E-state index contributed by atoms with van der Waals surface area (Å²) in [5.41, 5.74) is 8.32. The molecule has 0 aliphatic rings. The molecule has 0 unspecified atom stereocenters. The van der Waals surface area contributed by atoms with Crippen LogP contribution in [0.1, 0.15) is 0 Å². The van der Waals surface area contributed by atoms with Crippen LogP contribution in [0.4, 0.5) is 0 Å². The van der Waals surface area contributed by atoms with Gasteiger partial charge in [-0.25, -0.2) is 0 Å². The minimum absolute atomic E-state index is 1.03. The van der Waals surface area contributed by atoms with Crippen LogP contribution in [-0.2, 0) is 0 Å². The predicted molar refractivity (Wildman–Crippen MR) is 171 cm³/mol. The molecular formula is C39H25N. The van der Waals surface area contributed by atoms with Gasteiger partial charge in [0.2, 0.25) is 0 Å². The van der Waals surface area contributed by atoms with Gasteiger partial charge in [-0.15, -0.1) is 0 Å². The van der Waals surface area contributed by atoms with E-state index in [0.717, 1.165) is 10.9 Å². The number of nitrogens with zero attached hydrogens (tertiary/aromatic N) is 1. The zero-order chi connectivity index (χ0) is 26.5. The first-order valence-corrected chi connectivity index (χ1v) is 13.7. The van der Waals surface area contributed by atoms with Crippen molar-refractivity contribution in [2.45, 2.75) is 0 Å². The predicted octanol–water partition coefficient (Wildman–Crippen LogP) is 10.7. The average Bonchev–Trinajstić information content (AvgIpc) is 3.03. The van der Waals surface area contributed by atoms with Crippen LogP contribution in [0.15, 0.2) is 152 Å². The van der Waals surface area contributed by atoms with Crippen molar-refractivity contribution in [1.29, 1.82) is 0 Å². The van der Waals surface area contributed by atoms with Gasteiger partial charge in [-0.05, 0) is 66.7 Å². The summed E-state index contributed by atoms with van der Waals surface area (Å²) >= 11 is 0. The molecule has 0 aliphatic heterocycles. The van der Waals surface area contributed by atoms with Crippen molar-refractivity contribution < 1.29 is 0 Å². The maximum Gasteiger partial charge on any atom is 0.0792 e. The third-order valence-corrected chi connectivity index (χ3v) is 8.08. The lowest BCUT2D eigenvalue weighted by molar-refractivity contribution is 1.42. The third-order valence-electron chi connectivity index (χ3n) is 8.08. The maximum absolute atomic E-state index is 5.06. The lowest BCUT2D eigenvalue weighted by Gasteiger charge is -2.21.